The van der Waals surface area contributed by atoms with E-state index in [4.69, 9.17) is 4.74 Å². The Morgan fingerprint density at radius 3 is 2.85 bits per heavy atom. The molecule has 0 heterocycles. The fourth-order valence-corrected chi connectivity index (χ4v) is 1.77. The summed E-state index contributed by atoms with van der Waals surface area (Å²) in [5.74, 6) is 0.769. The van der Waals surface area contributed by atoms with Crippen LogP contribution in [0, 0.1) is 6.07 Å². The summed E-state index contributed by atoms with van der Waals surface area (Å²) in [6.45, 7) is 0. The molecule has 0 aliphatic carbocycles. The van der Waals surface area contributed by atoms with E-state index in [1.54, 1.807) is 7.11 Å². The maximum absolute atomic E-state index is 5.09. The van der Waals surface area contributed by atoms with Gasteiger partial charge in [0.1, 0.15) is 5.75 Å². The minimum Gasteiger partial charge on any atom is -0.496 e. The Morgan fingerprint density at radius 2 is 2.08 bits per heavy atom. The van der Waals surface area contributed by atoms with Crippen LogP contribution in [0.3, 0.4) is 0 Å². The first-order valence-electron chi connectivity index (χ1n) is 3.96. The highest BCUT2D eigenvalue weighted by molar-refractivity contribution is 9.10. The van der Waals surface area contributed by atoms with Gasteiger partial charge in [-0.15, -0.1) is 0 Å². The molecular weight excluding hydrogens is 228 g/mol. The summed E-state index contributed by atoms with van der Waals surface area (Å²) < 4.78 is 6.18. The third-order valence-corrected chi connectivity index (χ3v) is 2.62. The van der Waals surface area contributed by atoms with Crippen LogP contribution < -0.4 is 4.74 Å². The van der Waals surface area contributed by atoms with E-state index < -0.39 is 0 Å². The van der Waals surface area contributed by atoms with E-state index in [1.807, 2.05) is 30.3 Å². The molecule has 0 saturated heterocycles. The van der Waals surface area contributed by atoms with Gasteiger partial charge in [0.2, 0.25) is 0 Å². The molecule has 0 atom stereocenters. The zero-order valence-corrected chi connectivity index (χ0v) is 8.76. The predicted molar refractivity (Wildman–Crippen MR) is 57.0 cm³/mol. The average molecular weight is 236 g/mol. The largest absolute Gasteiger partial charge is 0.496 e. The van der Waals surface area contributed by atoms with Crippen LogP contribution in [-0.2, 0) is 0 Å². The van der Waals surface area contributed by atoms with Gasteiger partial charge in [0.25, 0.3) is 0 Å². The minimum absolute atomic E-state index is 0.769. The monoisotopic (exact) mass is 235 g/mol. The Labute approximate surface area is 85.5 Å². The predicted octanol–water partition coefficient (Wildman–Crippen LogP) is 3.41. The Hall–Kier alpha value is -1.02. The van der Waals surface area contributed by atoms with Gasteiger partial charge >= 0.3 is 0 Å². The number of fused-ring (bicyclic) bond motifs is 1. The quantitative estimate of drug-likeness (QED) is 0.737. The molecule has 0 N–H and O–H groups in total. The summed E-state index contributed by atoms with van der Waals surface area (Å²) in [5, 5.41) is 2.22. The number of hydrogen-bond acceptors (Lipinski definition) is 1. The molecule has 2 aromatic rings. The second-order valence-electron chi connectivity index (χ2n) is 2.73. The van der Waals surface area contributed by atoms with Gasteiger partial charge in [0.05, 0.1) is 7.11 Å². The van der Waals surface area contributed by atoms with Crippen LogP contribution in [0.25, 0.3) is 10.8 Å². The number of methoxy groups -OCH3 is 1. The number of hydrogen-bond donors (Lipinski definition) is 0. The molecule has 0 aliphatic heterocycles. The maximum Gasteiger partial charge on any atom is 0.127 e. The molecule has 2 aromatic carbocycles. The van der Waals surface area contributed by atoms with Crippen LogP contribution in [0.2, 0.25) is 0 Å². The maximum atomic E-state index is 5.09. The van der Waals surface area contributed by atoms with Crippen molar-refractivity contribution in [3.8, 4) is 5.75 Å². The van der Waals surface area contributed by atoms with Crippen LogP contribution in [0.1, 0.15) is 0 Å². The van der Waals surface area contributed by atoms with Gasteiger partial charge in [-0.1, -0.05) is 28.1 Å². The van der Waals surface area contributed by atoms with Crippen LogP contribution in [-0.4, -0.2) is 7.11 Å². The average Bonchev–Trinajstić information content (AvgIpc) is 2.18. The lowest BCUT2D eigenvalue weighted by molar-refractivity contribution is 0.414. The number of ether oxygens (including phenoxy) is 1. The van der Waals surface area contributed by atoms with Gasteiger partial charge in [-0.3, -0.25) is 0 Å². The Balaban J connectivity index is 2.72. The van der Waals surface area contributed by atoms with Gasteiger partial charge in [0, 0.05) is 10.5 Å². The lowest BCUT2D eigenvalue weighted by Crippen LogP contribution is -1.82. The molecule has 0 unspecified atom stereocenters. The Bertz CT molecular complexity index is 437. The van der Waals surface area contributed by atoms with Crippen LogP contribution in [0.15, 0.2) is 34.8 Å². The van der Waals surface area contributed by atoms with Crippen molar-refractivity contribution in [2.45, 2.75) is 0 Å². The SMILES string of the molecule is COc1[c]c2cccc(Br)c2cc1. The summed E-state index contributed by atoms with van der Waals surface area (Å²) in [7, 11) is 1.65. The molecule has 13 heavy (non-hydrogen) atoms. The first kappa shape index (κ1) is 8.57. The molecule has 2 heteroatoms. The summed E-state index contributed by atoms with van der Waals surface area (Å²) in [6, 6.07) is 13.1. The smallest absolute Gasteiger partial charge is 0.127 e. The van der Waals surface area contributed by atoms with E-state index in [2.05, 4.69) is 22.0 Å². The zero-order valence-electron chi connectivity index (χ0n) is 7.17. The highest BCUT2D eigenvalue weighted by Gasteiger charge is 1.99. The van der Waals surface area contributed by atoms with Gasteiger partial charge in [-0.2, -0.15) is 0 Å². The van der Waals surface area contributed by atoms with E-state index in [1.165, 1.54) is 0 Å². The Morgan fingerprint density at radius 1 is 1.23 bits per heavy atom. The fourth-order valence-electron chi connectivity index (χ4n) is 1.27. The number of halogens is 1. The third kappa shape index (κ3) is 1.54. The second-order valence-corrected chi connectivity index (χ2v) is 3.58. The van der Waals surface area contributed by atoms with Gasteiger partial charge in [0.15, 0.2) is 0 Å². The van der Waals surface area contributed by atoms with Crippen LogP contribution >= 0.6 is 15.9 Å². The molecule has 1 nitrogen and oxygen atoms in total. The van der Waals surface area contributed by atoms with Crippen LogP contribution in [0.5, 0.6) is 5.75 Å². The van der Waals surface area contributed by atoms with Crippen molar-refractivity contribution in [2.75, 3.05) is 7.11 Å². The molecule has 0 amide bonds. The van der Waals surface area contributed by atoms with Crippen molar-refractivity contribution in [3.63, 3.8) is 0 Å². The van der Waals surface area contributed by atoms with E-state index >= 15 is 0 Å². The minimum atomic E-state index is 0.769. The fraction of sp³-hybridized carbons (Fsp3) is 0.0909. The first-order chi connectivity index (χ1) is 6.31. The molecular formula is C11H8BrO. The second kappa shape index (κ2) is 3.38. The van der Waals surface area contributed by atoms with Crippen molar-refractivity contribution < 1.29 is 4.74 Å². The molecule has 0 spiro atoms. The molecule has 2 rings (SSSR count). The zero-order chi connectivity index (χ0) is 9.26. The normalized spacial score (nSPS) is 10.3. The summed E-state index contributed by atoms with van der Waals surface area (Å²) in [5.41, 5.74) is 0. The molecule has 0 fully saturated rings. The summed E-state index contributed by atoms with van der Waals surface area (Å²) in [4.78, 5) is 0. The molecule has 0 saturated carbocycles. The van der Waals surface area contributed by atoms with E-state index in [9.17, 15) is 0 Å². The molecule has 1 radical (unpaired) electrons. The third-order valence-electron chi connectivity index (χ3n) is 1.93. The van der Waals surface area contributed by atoms with Crippen molar-refractivity contribution in [3.05, 3.63) is 40.9 Å². The lowest BCUT2D eigenvalue weighted by Gasteiger charge is -2.02. The van der Waals surface area contributed by atoms with Gasteiger partial charge in [-0.05, 0) is 29.0 Å². The highest BCUT2D eigenvalue weighted by atomic mass is 79.9. The van der Waals surface area contributed by atoms with E-state index in [-0.39, 0.29) is 0 Å². The molecule has 65 valence electrons. The topological polar surface area (TPSA) is 9.23 Å². The van der Waals surface area contributed by atoms with Gasteiger partial charge < -0.3 is 4.74 Å². The molecule has 0 aromatic heterocycles. The number of benzene rings is 2. The molecule has 0 bridgehead atoms. The van der Waals surface area contributed by atoms with Crippen molar-refractivity contribution in [2.24, 2.45) is 0 Å². The number of rotatable bonds is 1. The van der Waals surface area contributed by atoms with Gasteiger partial charge in [-0.25, -0.2) is 0 Å². The Kier molecular flexibility index (Phi) is 2.23. The van der Waals surface area contributed by atoms with Crippen LogP contribution in [0.4, 0.5) is 0 Å². The van der Waals surface area contributed by atoms with E-state index in [0.717, 1.165) is 21.0 Å². The highest BCUT2D eigenvalue weighted by Crippen LogP contribution is 2.26. The standard InChI is InChI=1S/C11H8BrO/c1-13-9-5-6-10-8(7-9)3-2-4-11(10)12/h2-6H,1H3. The van der Waals surface area contributed by atoms with E-state index in [0.29, 0.717) is 0 Å². The lowest BCUT2D eigenvalue weighted by atomic mass is 10.1. The van der Waals surface area contributed by atoms with Crippen molar-refractivity contribution >= 4 is 26.7 Å². The molecule has 0 aliphatic rings. The summed E-state index contributed by atoms with van der Waals surface area (Å²) >= 11 is 3.48. The van der Waals surface area contributed by atoms with Crippen molar-refractivity contribution in [1.29, 1.82) is 0 Å². The van der Waals surface area contributed by atoms with Crippen molar-refractivity contribution in [1.82, 2.24) is 0 Å². The summed E-state index contributed by atoms with van der Waals surface area (Å²) in [6.07, 6.45) is 0. The first-order valence-corrected chi connectivity index (χ1v) is 4.75.